The summed E-state index contributed by atoms with van der Waals surface area (Å²) >= 11 is 1.49. The lowest BCUT2D eigenvalue weighted by Crippen LogP contribution is -2.10. The van der Waals surface area contributed by atoms with Gasteiger partial charge in [-0.15, -0.1) is 16.2 Å². The summed E-state index contributed by atoms with van der Waals surface area (Å²) < 4.78 is 42.2. The third-order valence-corrected chi connectivity index (χ3v) is 8.71. The van der Waals surface area contributed by atoms with Crippen molar-refractivity contribution < 1.29 is 27.5 Å². The summed E-state index contributed by atoms with van der Waals surface area (Å²) in [5, 5.41) is 0.714. The van der Waals surface area contributed by atoms with Gasteiger partial charge < -0.3 is 18.9 Å². The largest absolute Gasteiger partial charge is 0.466 e. The Bertz CT molecular complexity index is 1520. The summed E-state index contributed by atoms with van der Waals surface area (Å²) in [5.41, 5.74) is 2.55. The van der Waals surface area contributed by atoms with Crippen LogP contribution in [0.4, 0.5) is 0 Å². The summed E-state index contributed by atoms with van der Waals surface area (Å²) in [4.78, 5) is 30.5. The lowest BCUT2D eigenvalue weighted by molar-refractivity contribution is -0.140. The molecule has 10 nitrogen and oxygen atoms in total. The molecule has 0 aliphatic heterocycles. The molecular weight excluding hydrogens is 588 g/mol. The summed E-state index contributed by atoms with van der Waals surface area (Å²) in [6.07, 6.45) is 4.48. The zero-order valence-corrected chi connectivity index (χ0v) is 27.0. The molecule has 0 atom stereocenters. The maximum atomic E-state index is 13.0. The number of nitrogens with zero attached hydrogens (tertiary/aromatic N) is 4. The first-order valence-corrected chi connectivity index (χ1v) is 16.7. The number of aryl methyl sites for hydroxylation is 1. The Kier molecular flexibility index (Phi) is 12.8. The minimum Gasteiger partial charge on any atom is -0.466 e. The standard InChI is InChI=1S/C31H40N4O6S2/c1-6-8-14-28-33-29(31(37)40-7-2)30(42-20-11-19-41-23(3)36)35(28)21-24-15-17-25(18-16-24)26-12-9-10-13-27(26)43(38,39)32-22-34(4)5/h9-10,12-13,15-18,22H,6-8,11,14,19-21H2,1-5H3/b32-22+. The molecule has 232 valence electrons. The van der Waals surface area contributed by atoms with Crippen LogP contribution in [0.2, 0.25) is 0 Å². The van der Waals surface area contributed by atoms with Gasteiger partial charge in [0.15, 0.2) is 5.69 Å². The fourth-order valence-electron chi connectivity index (χ4n) is 4.21. The number of unbranched alkanes of at least 4 members (excludes halogenated alkanes) is 1. The summed E-state index contributed by atoms with van der Waals surface area (Å²) in [5.74, 6) is 0.631. The summed E-state index contributed by atoms with van der Waals surface area (Å²) in [7, 11) is -0.483. The van der Waals surface area contributed by atoms with Crippen LogP contribution in [0.1, 0.15) is 61.9 Å². The fourth-order valence-corrected chi connectivity index (χ4v) is 6.40. The highest BCUT2D eigenvalue weighted by atomic mass is 32.2. The van der Waals surface area contributed by atoms with Gasteiger partial charge in [-0.25, -0.2) is 9.78 Å². The maximum Gasteiger partial charge on any atom is 0.359 e. The molecule has 0 N–H and O–H groups in total. The lowest BCUT2D eigenvalue weighted by atomic mass is 10.0. The van der Waals surface area contributed by atoms with E-state index in [0.29, 0.717) is 48.0 Å². The predicted molar refractivity (Wildman–Crippen MR) is 169 cm³/mol. The second-order valence-corrected chi connectivity index (χ2v) is 12.7. The molecule has 0 saturated heterocycles. The number of aromatic nitrogens is 2. The molecule has 0 spiro atoms. The molecule has 0 saturated carbocycles. The van der Waals surface area contributed by atoms with Crippen molar-refractivity contribution in [1.82, 2.24) is 14.5 Å². The Morgan fingerprint density at radius 2 is 1.77 bits per heavy atom. The van der Waals surface area contributed by atoms with Gasteiger partial charge in [0, 0.05) is 45.3 Å². The van der Waals surface area contributed by atoms with Crippen LogP contribution in [0.3, 0.4) is 0 Å². The molecule has 1 heterocycles. The highest BCUT2D eigenvalue weighted by Gasteiger charge is 2.24. The number of carbonyl (C=O) groups is 2. The molecule has 0 aliphatic rings. The lowest BCUT2D eigenvalue weighted by Gasteiger charge is -2.14. The molecule has 0 bridgehead atoms. The smallest absolute Gasteiger partial charge is 0.359 e. The van der Waals surface area contributed by atoms with E-state index in [-0.39, 0.29) is 17.5 Å². The number of ether oxygens (including phenoxy) is 2. The molecule has 43 heavy (non-hydrogen) atoms. The molecule has 0 fully saturated rings. The number of rotatable bonds is 16. The van der Waals surface area contributed by atoms with Crippen LogP contribution in [0.25, 0.3) is 11.1 Å². The van der Waals surface area contributed by atoms with Gasteiger partial charge >= 0.3 is 11.9 Å². The average molecular weight is 629 g/mol. The Morgan fingerprint density at radius 3 is 2.42 bits per heavy atom. The van der Waals surface area contributed by atoms with Crippen molar-refractivity contribution in [2.24, 2.45) is 4.40 Å². The normalized spacial score (nSPS) is 11.6. The van der Waals surface area contributed by atoms with E-state index in [1.54, 1.807) is 50.2 Å². The van der Waals surface area contributed by atoms with E-state index in [1.807, 2.05) is 24.3 Å². The Morgan fingerprint density at radius 1 is 1.05 bits per heavy atom. The van der Waals surface area contributed by atoms with Crippen molar-refractivity contribution in [2.45, 2.75) is 62.9 Å². The molecule has 1 aromatic heterocycles. The quantitative estimate of drug-likeness (QED) is 0.0671. The number of thioether (sulfide) groups is 1. The molecule has 3 rings (SSSR count). The van der Waals surface area contributed by atoms with Crippen molar-refractivity contribution in [1.29, 1.82) is 0 Å². The van der Waals surface area contributed by atoms with Crippen LogP contribution in [0.5, 0.6) is 0 Å². The zero-order valence-electron chi connectivity index (χ0n) is 25.4. The highest BCUT2D eigenvalue weighted by Crippen LogP contribution is 2.31. The number of esters is 2. The van der Waals surface area contributed by atoms with Crippen molar-refractivity contribution in [2.75, 3.05) is 33.1 Å². The Balaban J connectivity index is 1.95. The first-order chi connectivity index (χ1) is 20.6. The van der Waals surface area contributed by atoms with Crippen LogP contribution in [0, 0.1) is 0 Å². The van der Waals surface area contributed by atoms with Gasteiger partial charge in [-0.3, -0.25) is 4.79 Å². The number of carbonyl (C=O) groups excluding carboxylic acids is 2. The fraction of sp³-hybridized carbons (Fsp3) is 0.419. The summed E-state index contributed by atoms with van der Waals surface area (Å²) in [6, 6.07) is 14.5. The molecule has 0 amide bonds. The predicted octanol–water partition coefficient (Wildman–Crippen LogP) is 5.44. The van der Waals surface area contributed by atoms with E-state index < -0.39 is 16.0 Å². The van der Waals surface area contributed by atoms with Gasteiger partial charge in [-0.05, 0) is 37.0 Å². The van der Waals surface area contributed by atoms with Crippen molar-refractivity contribution in [3.8, 4) is 11.1 Å². The molecule has 12 heteroatoms. The second kappa shape index (κ2) is 16.3. The van der Waals surface area contributed by atoms with Gasteiger partial charge in [-0.2, -0.15) is 8.42 Å². The summed E-state index contributed by atoms with van der Waals surface area (Å²) in [6.45, 7) is 6.25. The Hall–Kier alpha value is -3.64. The molecule has 0 radical (unpaired) electrons. The molecular formula is C31H40N4O6S2. The van der Waals surface area contributed by atoms with Crippen molar-refractivity contribution in [3.05, 3.63) is 65.6 Å². The third kappa shape index (κ3) is 9.69. The van der Waals surface area contributed by atoms with Crippen LogP contribution in [-0.2, 0) is 37.3 Å². The number of hydrogen-bond acceptors (Lipinski definition) is 8. The highest BCUT2D eigenvalue weighted by molar-refractivity contribution is 7.99. The Labute approximate surface area is 258 Å². The van der Waals surface area contributed by atoms with E-state index in [9.17, 15) is 18.0 Å². The number of imidazole rings is 1. The van der Waals surface area contributed by atoms with E-state index in [4.69, 9.17) is 14.5 Å². The topological polar surface area (TPSA) is 120 Å². The maximum absolute atomic E-state index is 13.0. The zero-order chi connectivity index (χ0) is 31.4. The second-order valence-electron chi connectivity index (χ2n) is 9.99. The van der Waals surface area contributed by atoms with E-state index in [1.165, 1.54) is 25.0 Å². The third-order valence-electron chi connectivity index (χ3n) is 6.24. The first kappa shape index (κ1) is 33.9. The van der Waals surface area contributed by atoms with Gasteiger partial charge in [0.1, 0.15) is 17.2 Å². The van der Waals surface area contributed by atoms with E-state index in [0.717, 1.165) is 29.8 Å². The molecule has 3 aromatic rings. The molecule has 0 unspecified atom stereocenters. The van der Waals surface area contributed by atoms with Crippen LogP contribution in [0.15, 0.2) is 62.9 Å². The first-order valence-electron chi connectivity index (χ1n) is 14.2. The van der Waals surface area contributed by atoms with Gasteiger partial charge in [0.05, 0.1) is 18.1 Å². The minimum atomic E-state index is -3.90. The number of hydrogen-bond donors (Lipinski definition) is 0. The molecule has 2 aromatic carbocycles. The van der Waals surface area contributed by atoms with Crippen molar-refractivity contribution >= 4 is 40.1 Å². The van der Waals surface area contributed by atoms with Crippen molar-refractivity contribution in [3.63, 3.8) is 0 Å². The van der Waals surface area contributed by atoms with Gasteiger partial charge in [0.2, 0.25) is 0 Å². The van der Waals surface area contributed by atoms with E-state index >= 15 is 0 Å². The average Bonchev–Trinajstić information content (AvgIpc) is 3.32. The van der Waals surface area contributed by atoms with Gasteiger partial charge in [-0.1, -0.05) is 55.8 Å². The van der Waals surface area contributed by atoms with Gasteiger partial charge in [0.25, 0.3) is 10.0 Å². The monoisotopic (exact) mass is 628 g/mol. The van der Waals surface area contributed by atoms with Crippen LogP contribution in [-0.4, -0.2) is 74.2 Å². The van der Waals surface area contributed by atoms with Crippen LogP contribution < -0.4 is 0 Å². The van der Waals surface area contributed by atoms with E-state index in [2.05, 4.69) is 15.9 Å². The van der Waals surface area contributed by atoms with Crippen LogP contribution >= 0.6 is 11.8 Å². The minimum absolute atomic E-state index is 0.129. The molecule has 0 aliphatic carbocycles. The SMILES string of the molecule is CCCCc1nc(C(=O)OCC)c(SCCCOC(C)=O)n1Cc1ccc(-c2ccccc2S(=O)(=O)/N=C/N(C)C)cc1. The number of benzene rings is 2. The number of sulfonamides is 1.